The van der Waals surface area contributed by atoms with Crippen LogP contribution in [0.2, 0.25) is 0 Å². The lowest BCUT2D eigenvalue weighted by atomic mass is 9.93. The maximum atomic E-state index is 13.5. The van der Waals surface area contributed by atoms with Crippen LogP contribution in [0, 0.1) is 5.82 Å². The van der Waals surface area contributed by atoms with E-state index in [2.05, 4.69) is 10.4 Å². The van der Waals surface area contributed by atoms with Gasteiger partial charge in [0.1, 0.15) is 32.2 Å². The summed E-state index contributed by atoms with van der Waals surface area (Å²) >= 11 is 0. The number of nitrogens with zero attached hydrogens (tertiary/aromatic N) is 3. The van der Waals surface area contributed by atoms with E-state index in [0.29, 0.717) is 37.6 Å². The van der Waals surface area contributed by atoms with Gasteiger partial charge in [0, 0.05) is 49.7 Å². The van der Waals surface area contributed by atoms with Crippen LogP contribution in [0.4, 0.5) is 14.5 Å². The molecule has 166 valence electrons. The lowest BCUT2D eigenvalue weighted by Crippen LogP contribution is -2.26. The number of aromatic nitrogens is 2. The second kappa shape index (κ2) is 9.52. The fourth-order valence-corrected chi connectivity index (χ4v) is 3.96. The largest absolute Gasteiger partial charge is 0.492 e. The van der Waals surface area contributed by atoms with Gasteiger partial charge in [-0.3, -0.25) is 14.4 Å². The normalized spacial score (nSPS) is 16.3. The van der Waals surface area contributed by atoms with Gasteiger partial charge < -0.3 is 10.1 Å². The van der Waals surface area contributed by atoms with Crippen LogP contribution in [-0.4, -0.2) is 60.8 Å². The molecule has 32 heavy (non-hydrogen) atoms. The predicted octanol–water partition coefficient (Wildman–Crippen LogP) is 2.16. The molecule has 4 rings (SSSR count). The van der Waals surface area contributed by atoms with Crippen molar-refractivity contribution < 1.29 is 18.3 Å². The first kappa shape index (κ1) is 22.0. The molecule has 0 saturated carbocycles. The van der Waals surface area contributed by atoms with Crippen LogP contribution in [0.5, 0.6) is 5.75 Å². The number of alkyl halides is 1. The maximum absolute atomic E-state index is 13.5. The Balaban J connectivity index is 1.55. The fourth-order valence-electron chi connectivity index (χ4n) is 3.96. The monoisotopic (exact) mass is 438 g/mol. The third kappa shape index (κ3) is 4.99. The molecule has 1 fully saturated rings. The molecule has 1 saturated heterocycles. The Kier molecular flexibility index (Phi) is 6.55. The number of ether oxygens (including phenoxy) is 1. The third-order valence-corrected chi connectivity index (χ3v) is 5.58. The minimum atomic E-state index is -0.761. The Labute approximate surface area is 186 Å². The quantitative estimate of drug-likeness (QED) is 0.575. The number of likely N-dealkylation sites (tertiary alicyclic amines) is 1. The van der Waals surface area contributed by atoms with Crippen molar-refractivity contribution in [1.29, 1.82) is 0 Å². The average Bonchev–Trinajstić information content (AvgIpc) is 3.33. The first-order valence-corrected chi connectivity index (χ1v) is 10.6. The van der Waals surface area contributed by atoms with Crippen molar-refractivity contribution in [1.82, 2.24) is 14.7 Å². The summed E-state index contributed by atoms with van der Waals surface area (Å²) in [6.45, 7) is 2.25. The lowest BCUT2D eigenvalue weighted by molar-refractivity contribution is 0.102. The molecule has 0 aliphatic carbocycles. The van der Waals surface area contributed by atoms with Crippen LogP contribution in [-0.2, 0) is 7.05 Å². The number of amides is 1. The Morgan fingerprint density at radius 3 is 2.84 bits per heavy atom. The zero-order valence-electron chi connectivity index (χ0n) is 18.1. The highest BCUT2D eigenvalue weighted by atomic mass is 19.1. The summed E-state index contributed by atoms with van der Waals surface area (Å²) in [5.41, 5.74) is 3.41. The van der Waals surface area contributed by atoms with E-state index in [0.717, 1.165) is 23.3 Å². The molecule has 1 amide bonds. The van der Waals surface area contributed by atoms with Gasteiger partial charge in [-0.25, -0.2) is 8.78 Å². The molecule has 2 aromatic carbocycles. The molecule has 0 bridgehead atoms. The summed E-state index contributed by atoms with van der Waals surface area (Å²) < 4.78 is 34.7. The van der Waals surface area contributed by atoms with Crippen molar-refractivity contribution in [2.24, 2.45) is 7.05 Å². The summed E-state index contributed by atoms with van der Waals surface area (Å²) in [6, 6.07) is 10.9. The number of aryl methyl sites for hydroxylation is 1. The lowest BCUT2D eigenvalue weighted by Gasteiger charge is -2.18. The van der Waals surface area contributed by atoms with Gasteiger partial charge in [-0.05, 0) is 48.3 Å². The summed E-state index contributed by atoms with van der Waals surface area (Å²) in [5.74, 6) is -0.221. The second-order valence-electron chi connectivity index (χ2n) is 8.01. The molecule has 1 aliphatic rings. The van der Waals surface area contributed by atoms with Crippen LogP contribution in [0.3, 0.4) is 0 Å². The molecule has 0 spiro atoms. The number of benzene rings is 2. The molecule has 1 N–H and O–H groups in total. The van der Waals surface area contributed by atoms with E-state index in [9.17, 15) is 13.6 Å². The number of nitrogens with one attached hydrogen (secondary N) is 1. The van der Waals surface area contributed by atoms with Crippen molar-refractivity contribution in [3.8, 4) is 17.0 Å². The van der Waals surface area contributed by atoms with Gasteiger partial charge in [0.15, 0.2) is 0 Å². The predicted molar refractivity (Wildman–Crippen MR) is 123 cm³/mol. The van der Waals surface area contributed by atoms with Gasteiger partial charge >= 0.3 is 0 Å². The minimum Gasteiger partial charge on any atom is -0.492 e. The van der Waals surface area contributed by atoms with Crippen molar-refractivity contribution in [2.75, 3.05) is 31.6 Å². The van der Waals surface area contributed by atoms with Gasteiger partial charge in [0.05, 0.1) is 5.69 Å². The molecule has 9 heteroatoms. The Morgan fingerprint density at radius 2 is 2.16 bits per heavy atom. The van der Waals surface area contributed by atoms with Crippen molar-refractivity contribution in [3.05, 3.63) is 60.0 Å². The Hall–Kier alpha value is -3.20. The molecule has 2 heterocycles. The number of anilines is 1. The molecule has 1 aliphatic heterocycles. The summed E-state index contributed by atoms with van der Waals surface area (Å²) in [7, 11) is 3.80. The highest BCUT2D eigenvalue weighted by Crippen LogP contribution is 2.32. The van der Waals surface area contributed by atoms with Crippen LogP contribution < -0.4 is 15.5 Å². The molecule has 0 radical (unpaired) electrons. The molecule has 6 nitrogen and oxygen atoms in total. The van der Waals surface area contributed by atoms with Crippen molar-refractivity contribution >= 4 is 24.9 Å². The smallest absolute Gasteiger partial charge is 0.255 e. The summed E-state index contributed by atoms with van der Waals surface area (Å²) in [5, 5.41) is 7.13. The summed E-state index contributed by atoms with van der Waals surface area (Å²) in [6.07, 6.45) is 1.57. The van der Waals surface area contributed by atoms with Gasteiger partial charge in [-0.15, -0.1) is 0 Å². The maximum Gasteiger partial charge on any atom is 0.255 e. The molecular weight excluding hydrogens is 413 g/mol. The summed E-state index contributed by atoms with van der Waals surface area (Å²) in [4.78, 5) is 14.6. The number of hydrogen-bond acceptors (Lipinski definition) is 4. The fraction of sp³-hybridized carbons (Fsp3) is 0.304. The standard InChI is InChI=1S/C23H25BF2N4O2/c1-29-22(20(24)13-27-29)19-12-18(28-23(31)15-3-2-4-16(25)11-15)5-6-21(19)32-10-9-30-8-7-17(26)14-30/h2-6,11-13,17H,7-10,14,24H2,1H3,(H,28,31)/t17-/m0/s1. The van der Waals surface area contributed by atoms with E-state index in [-0.39, 0.29) is 5.56 Å². The number of carbonyl (C=O) groups is 1. The van der Waals surface area contributed by atoms with Crippen LogP contribution in [0.15, 0.2) is 48.7 Å². The highest BCUT2D eigenvalue weighted by molar-refractivity contribution is 6.35. The van der Waals surface area contributed by atoms with Crippen molar-refractivity contribution in [2.45, 2.75) is 12.6 Å². The van der Waals surface area contributed by atoms with E-state index in [1.165, 1.54) is 18.2 Å². The Bertz CT molecular complexity index is 1100. The van der Waals surface area contributed by atoms with E-state index in [1.54, 1.807) is 29.1 Å². The number of rotatable bonds is 7. The second-order valence-corrected chi connectivity index (χ2v) is 8.01. The van der Waals surface area contributed by atoms with Crippen LogP contribution in [0.1, 0.15) is 16.8 Å². The molecule has 1 aromatic heterocycles. The molecular formula is C23H25BF2N4O2. The SMILES string of the molecule is Bc1cnn(C)c1-c1cc(NC(=O)c2cccc(F)c2)ccc1OCCN1CC[C@H](F)C1. The van der Waals surface area contributed by atoms with Crippen LogP contribution in [0.25, 0.3) is 11.3 Å². The number of hydrogen-bond donors (Lipinski definition) is 1. The first-order chi connectivity index (χ1) is 15.4. The Morgan fingerprint density at radius 1 is 1.31 bits per heavy atom. The molecule has 0 unspecified atom stereocenters. The molecule has 1 atom stereocenters. The van der Waals surface area contributed by atoms with Gasteiger partial charge in [0.2, 0.25) is 0 Å². The van der Waals surface area contributed by atoms with Gasteiger partial charge in [0.25, 0.3) is 5.91 Å². The minimum absolute atomic E-state index is 0.236. The van der Waals surface area contributed by atoms with E-state index in [4.69, 9.17) is 4.74 Å². The van der Waals surface area contributed by atoms with Gasteiger partial charge in [-0.2, -0.15) is 5.10 Å². The third-order valence-electron chi connectivity index (χ3n) is 5.58. The topological polar surface area (TPSA) is 59.4 Å². The van der Waals surface area contributed by atoms with E-state index in [1.807, 2.05) is 25.9 Å². The van der Waals surface area contributed by atoms with E-state index >= 15 is 0 Å². The van der Waals surface area contributed by atoms with Crippen LogP contribution >= 0.6 is 0 Å². The van der Waals surface area contributed by atoms with E-state index < -0.39 is 17.9 Å². The zero-order valence-corrected chi connectivity index (χ0v) is 18.1. The van der Waals surface area contributed by atoms with Gasteiger partial charge in [-0.1, -0.05) is 6.07 Å². The number of halogens is 2. The van der Waals surface area contributed by atoms with Crippen molar-refractivity contribution in [3.63, 3.8) is 0 Å². The number of carbonyl (C=O) groups excluding carboxylic acids is 1. The zero-order chi connectivity index (χ0) is 22.7. The molecule has 3 aromatic rings. The highest BCUT2D eigenvalue weighted by Gasteiger charge is 2.22. The first-order valence-electron chi connectivity index (χ1n) is 10.6. The average molecular weight is 438 g/mol.